The van der Waals surface area contributed by atoms with Gasteiger partial charge < -0.3 is 5.32 Å². The van der Waals surface area contributed by atoms with E-state index >= 15 is 0 Å². The van der Waals surface area contributed by atoms with Gasteiger partial charge in [-0.3, -0.25) is 0 Å². The number of rotatable bonds is 10. The second-order valence-electron chi connectivity index (χ2n) is 4.94. The van der Waals surface area contributed by atoms with Crippen LogP contribution in [-0.4, -0.2) is 32.5 Å². The van der Waals surface area contributed by atoms with Crippen molar-refractivity contribution >= 4 is 21.8 Å². The van der Waals surface area contributed by atoms with Gasteiger partial charge >= 0.3 is 0 Å². The van der Waals surface area contributed by atoms with Gasteiger partial charge in [-0.05, 0) is 17.7 Å². The average molecular weight is 329 g/mol. The summed E-state index contributed by atoms with van der Waals surface area (Å²) >= 11 is 1.65. The van der Waals surface area contributed by atoms with Crippen LogP contribution in [0.5, 0.6) is 0 Å². The van der Waals surface area contributed by atoms with Crippen molar-refractivity contribution in [3.05, 3.63) is 42.5 Å². The Morgan fingerprint density at radius 3 is 2.52 bits per heavy atom. The lowest BCUT2D eigenvalue weighted by Crippen LogP contribution is -2.26. The minimum Gasteiger partial charge on any atom is -0.310 e. The van der Waals surface area contributed by atoms with Crippen molar-refractivity contribution in [2.45, 2.75) is 31.3 Å². The predicted molar refractivity (Wildman–Crippen MR) is 91.1 cm³/mol. The highest BCUT2D eigenvalue weighted by Crippen LogP contribution is 2.11. The van der Waals surface area contributed by atoms with Gasteiger partial charge in [0.25, 0.3) is 0 Å². The smallest absolute Gasteiger partial charge is 0.240 e. The molecule has 6 heteroatoms. The van der Waals surface area contributed by atoms with Crippen LogP contribution in [0.15, 0.2) is 41.8 Å². The van der Waals surface area contributed by atoms with Crippen LogP contribution in [-0.2, 0) is 16.6 Å². The van der Waals surface area contributed by atoms with Crippen LogP contribution in [0.1, 0.15) is 19.4 Å². The Balaban J connectivity index is 2.52. The van der Waals surface area contributed by atoms with Gasteiger partial charge in [-0.15, -0.1) is 6.58 Å². The molecule has 21 heavy (non-hydrogen) atoms. The summed E-state index contributed by atoms with van der Waals surface area (Å²) < 4.78 is 26.8. The molecule has 0 spiro atoms. The van der Waals surface area contributed by atoms with Crippen LogP contribution in [0.2, 0.25) is 0 Å². The van der Waals surface area contributed by atoms with E-state index in [-0.39, 0.29) is 0 Å². The van der Waals surface area contributed by atoms with Crippen molar-refractivity contribution in [3.8, 4) is 0 Å². The molecule has 0 aliphatic rings. The third-order valence-electron chi connectivity index (χ3n) is 2.72. The third-order valence-corrected chi connectivity index (χ3v) is 5.16. The Bertz CT molecular complexity index is 525. The minimum absolute atomic E-state index is 0.310. The molecule has 0 aromatic heterocycles. The van der Waals surface area contributed by atoms with E-state index in [2.05, 4.69) is 30.5 Å². The first kappa shape index (κ1) is 18.2. The Hall–Kier alpha value is -0.820. The molecule has 0 aliphatic carbocycles. The first-order chi connectivity index (χ1) is 9.95. The van der Waals surface area contributed by atoms with Crippen molar-refractivity contribution < 1.29 is 8.42 Å². The minimum atomic E-state index is -3.41. The average Bonchev–Trinajstić information content (AvgIpc) is 2.45. The maximum Gasteiger partial charge on any atom is 0.240 e. The fraction of sp³-hybridized carbons (Fsp3) is 0.467. The summed E-state index contributed by atoms with van der Waals surface area (Å²) in [5.41, 5.74) is 1.07. The highest BCUT2D eigenvalue weighted by molar-refractivity contribution is 7.99. The van der Waals surface area contributed by atoms with E-state index in [1.165, 1.54) is 0 Å². The van der Waals surface area contributed by atoms with E-state index in [1.54, 1.807) is 23.9 Å². The lowest BCUT2D eigenvalue weighted by molar-refractivity contribution is 0.582. The van der Waals surface area contributed by atoms with Gasteiger partial charge in [-0.2, -0.15) is 11.8 Å². The molecule has 0 heterocycles. The fourth-order valence-corrected chi connectivity index (χ4v) is 3.35. The van der Waals surface area contributed by atoms with E-state index < -0.39 is 10.0 Å². The molecule has 0 saturated carbocycles. The molecule has 1 rings (SSSR count). The van der Waals surface area contributed by atoms with Crippen LogP contribution in [0.3, 0.4) is 0 Å². The van der Waals surface area contributed by atoms with Gasteiger partial charge in [-0.1, -0.05) is 32.1 Å². The van der Waals surface area contributed by atoms with Crippen molar-refractivity contribution in [2.24, 2.45) is 0 Å². The topological polar surface area (TPSA) is 58.2 Å². The Labute approximate surface area is 132 Å². The van der Waals surface area contributed by atoms with Crippen LogP contribution >= 0.6 is 11.8 Å². The largest absolute Gasteiger partial charge is 0.310 e. The zero-order valence-electron chi connectivity index (χ0n) is 12.6. The van der Waals surface area contributed by atoms with Crippen molar-refractivity contribution in [2.75, 3.05) is 18.1 Å². The standard InChI is InChI=1S/C15H24N2O2S2/c1-4-10-20-11-9-17-21(18,19)15-7-5-14(6-8-15)12-16-13(2)3/h4-8,13,16-17H,1,9-12H2,2-3H3. The predicted octanol–water partition coefficient (Wildman–Crippen LogP) is 2.38. The van der Waals surface area contributed by atoms with Crippen molar-refractivity contribution in [1.82, 2.24) is 10.0 Å². The van der Waals surface area contributed by atoms with E-state index in [0.717, 1.165) is 23.6 Å². The second kappa shape index (κ2) is 9.25. The van der Waals surface area contributed by atoms with E-state index in [1.807, 2.05) is 18.2 Å². The molecule has 1 aromatic carbocycles. The van der Waals surface area contributed by atoms with E-state index in [9.17, 15) is 8.42 Å². The number of hydrogen-bond acceptors (Lipinski definition) is 4. The zero-order valence-corrected chi connectivity index (χ0v) is 14.3. The zero-order chi connectivity index (χ0) is 15.7. The molecule has 2 N–H and O–H groups in total. The summed E-state index contributed by atoms with van der Waals surface area (Å²) in [5, 5.41) is 3.30. The normalized spacial score (nSPS) is 11.8. The number of hydrogen-bond donors (Lipinski definition) is 2. The Morgan fingerprint density at radius 2 is 1.95 bits per heavy atom. The number of sulfonamides is 1. The molecular weight excluding hydrogens is 304 g/mol. The molecule has 4 nitrogen and oxygen atoms in total. The summed E-state index contributed by atoms with van der Waals surface area (Å²) in [5.74, 6) is 1.57. The highest BCUT2D eigenvalue weighted by atomic mass is 32.2. The van der Waals surface area contributed by atoms with Gasteiger partial charge in [0.15, 0.2) is 0 Å². The van der Waals surface area contributed by atoms with Gasteiger partial charge in [0.05, 0.1) is 4.90 Å². The molecule has 0 atom stereocenters. The summed E-state index contributed by atoms with van der Waals surface area (Å²) in [6.07, 6.45) is 1.81. The molecule has 118 valence electrons. The SMILES string of the molecule is C=CCSCCNS(=O)(=O)c1ccc(CNC(C)C)cc1. The van der Waals surface area contributed by atoms with Crippen LogP contribution in [0.4, 0.5) is 0 Å². The monoisotopic (exact) mass is 328 g/mol. The first-order valence-electron chi connectivity index (χ1n) is 6.96. The summed E-state index contributed by atoms with van der Waals surface area (Å²) in [6, 6.07) is 7.39. The summed E-state index contributed by atoms with van der Waals surface area (Å²) in [7, 11) is -3.41. The number of thioether (sulfide) groups is 1. The molecule has 0 amide bonds. The molecule has 0 unspecified atom stereocenters. The highest BCUT2D eigenvalue weighted by Gasteiger charge is 2.12. The van der Waals surface area contributed by atoms with Gasteiger partial charge in [0.1, 0.15) is 0 Å². The number of benzene rings is 1. The van der Waals surface area contributed by atoms with Crippen molar-refractivity contribution in [3.63, 3.8) is 0 Å². The molecule has 1 aromatic rings. The molecule has 0 bridgehead atoms. The molecule has 0 saturated heterocycles. The molecule has 0 aliphatic heterocycles. The van der Waals surface area contributed by atoms with Crippen LogP contribution in [0.25, 0.3) is 0 Å². The second-order valence-corrected chi connectivity index (χ2v) is 7.86. The fourth-order valence-electron chi connectivity index (χ4n) is 1.61. The van der Waals surface area contributed by atoms with E-state index in [4.69, 9.17) is 0 Å². The maximum atomic E-state index is 12.1. The summed E-state index contributed by atoms with van der Waals surface area (Å²) in [6.45, 7) is 8.94. The maximum absolute atomic E-state index is 12.1. The molecule has 0 fully saturated rings. The molecular formula is C15H24N2O2S2. The van der Waals surface area contributed by atoms with Crippen LogP contribution in [0, 0.1) is 0 Å². The first-order valence-corrected chi connectivity index (χ1v) is 9.60. The molecule has 0 radical (unpaired) electrons. The van der Waals surface area contributed by atoms with Crippen molar-refractivity contribution in [1.29, 1.82) is 0 Å². The van der Waals surface area contributed by atoms with Gasteiger partial charge in [-0.25, -0.2) is 13.1 Å². The number of nitrogens with one attached hydrogen (secondary N) is 2. The quantitative estimate of drug-likeness (QED) is 0.511. The lowest BCUT2D eigenvalue weighted by atomic mass is 10.2. The summed E-state index contributed by atoms with van der Waals surface area (Å²) in [4.78, 5) is 0.310. The van der Waals surface area contributed by atoms with E-state index in [0.29, 0.717) is 17.5 Å². The Morgan fingerprint density at radius 1 is 1.29 bits per heavy atom. The van der Waals surface area contributed by atoms with Gasteiger partial charge in [0.2, 0.25) is 10.0 Å². The third kappa shape index (κ3) is 7.13. The van der Waals surface area contributed by atoms with Crippen LogP contribution < -0.4 is 10.0 Å². The van der Waals surface area contributed by atoms with Gasteiger partial charge in [0, 0.05) is 30.6 Å². The Kier molecular flexibility index (Phi) is 8.03. The lowest BCUT2D eigenvalue weighted by Gasteiger charge is -2.09.